The second-order valence-corrected chi connectivity index (χ2v) is 10.6. The maximum absolute atomic E-state index is 12.9. The highest BCUT2D eigenvalue weighted by molar-refractivity contribution is 7.90. The van der Waals surface area contributed by atoms with Crippen LogP contribution in [0, 0.1) is 11.8 Å². The van der Waals surface area contributed by atoms with Crippen molar-refractivity contribution in [2.24, 2.45) is 11.8 Å². The molecular formula is C21H27N3O3S. The Kier molecular flexibility index (Phi) is 4.91. The van der Waals surface area contributed by atoms with Gasteiger partial charge in [-0.3, -0.25) is 9.78 Å². The lowest BCUT2D eigenvalue weighted by Crippen LogP contribution is -2.48. The zero-order valence-corrected chi connectivity index (χ0v) is 17.4. The van der Waals surface area contributed by atoms with Crippen molar-refractivity contribution in [1.29, 1.82) is 0 Å². The first-order valence-corrected chi connectivity index (χ1v) is 11.7. The fraction of sp³-hybridized carbons (Fsp3) is 0.524. The third-order valence-electron chi connectivity index (χ3n) is 5.70. The first kappa shape index (κ1) is 19.3. The molecule has 1 fully saturated rings. The van der Waals surface area contributed by atoms with Gasteiger partial charge in [-0.25, -0.2) is 8.42 Å². The lowest BCUT2D eigenvalue weighted by Gasteiger charge is -2.43. The number of likely N-dealkylation sites (tertiary alicyclic amines) is 1. The SMILES string of the molecule is CC(C)CN1C[C@@H]2C[C@H](C1)c1cc(-c3ncccc3S(C)(=O)=O)cc(=O)n1C2. The number of sulfone groups is 1. The summed E-state index contributed by atoms with van der Waals surface area (Å²) in [5.74, 6) is 1.40. The molecule has 2 bridgehead atoms. The smallest absolute Gasteiger partial charge is 0.251 e. The summed E-state index contributed by atoms with van der Waals surface area (Å²) in [5, 5.41) is 0. The van der Waals surface area contributed by atoms with Gasteiger partial charge in [-0.05, 0) is 36.5 Å². The lowest BCUT2D eigenvalue weighted by atomic mass is 9.82. The van der Waals surface area contributed by atoms with E-state index in [1.54, 1.807) is 18.3 Å². The largest absolute Gasteiger partial charge is 0.312 e. The van der Waals surface area contributed by atoms with Crippen molar-refractivity contribution in [2.45, 2.75) is 37.6 Å². The average molecular weight is 402 g/mol. The topological polar surface area (TPSA) is 72.3 Å². The number of piperidine rings is 1. The molecule has 0 radical (unpaired) electrons. The second kappa shape index (κ2) is 7.12. The van der Waals surface area contributed by atoms with Gasteiger partial charge in [-0.1, -0.05) is 13.8 Å². The molecule has 0 unspecified atom stereocenters. The predicted octanol–water partition coefficient (Wildman–Crippen LogP) is 2.39. The molecule has 0 aliphatic carbocycles. The van der Waals surface area contributed by atoms with Crippen LogP contribution >= 0.6 is 0 Å². The Bertz CT molecular complexity index is 1060. The van der Waals surface area contributed by atoms with Crippen molar-refractivity contribution in [3.05, 3.63) is 46.5 Å². The van der Waals surface area contributed by atoms with Gasteiger partial charge in [0.2, 0.25) is 0 Å². The van der Waals surface area contributed by atoms with E-state index in [9.17, 15) is 13.2 Å². The van der Waals surface area contributed by atoms with Crippen molar-refractivity contribution in [2.75, 3.05) is 25.9 Å². The molecule has 4 rings (SSSR count). The van der Waals surface area contributed by atoms with Gasteiger partial charge < -0.3 is 9.47 Å². The van der Waals surface area contributed by atoms with Gasteiger partial charge in [0.1, 0.15) is 0 Å². The average Bonchev–Trinajstić information content (AvgIpc) is 2.61. The van der Waals surface area contributed by atoms with Crippen LogP contribution in [0.4, 0.5) is 0 Å². The molecule has 0 amide bonds. The van der Waals surface area contributed by atoms with Crippen LogP contribution in [0.5, 0.6) is 0 Å². The molecule has 28 heavy (non-hydrogen) atoms. The monoisotopic (exact) mass is 401 g/mol. The number of nitrogens with zero attached hydrogens (tertiary/aromatic N) is 3. The molecule has 4 heterocycles. The molecular weight excluding hydrogens is 374 g/mol. The van der Waals surface area contributed by atoms with E-state index in [1.807, 2.05) is 10.6 Å². The zero-order chi connectivity index (χ0) is 20.1. The quantitative estimate of drug-likeness (QED) is 0.787. The summed E-state index contributed by atoms with van der Waals surface area (Å²) in [7, 11) is -3.43. The van der Waals surface area contributed by atoms with Crippen LogP contribution in [0.2, 0.25) is 0 Å². The normalized spacial score (nSPS) is 22.3. The molecule has 2 aliphatic rings. The zero-order valence-electron chi connectivity index (χ0n) is 16.6. The Morgan fingerprint density at radius 2 is 2.00 bits per heavy atom. The Labute approximate surface area is 166 Å². The number of fused-ring (bicyclic) bond motifs is 4. The number of aromatic nitrogens is 2. The minimum Gasteiger partial charge on any atom is -0.312 e. The van der Waals surface area contributed by atoms with Crippen LogP contribution < -0.4 is 5.56 Å². The van der Waals surface area contributed by atoms with Crippen LogP contribution in [0.15, 0.2) is 40.2 Å². The molecule has 0 spiro atoms. The fourth-order valence-corrected chi connectivity index (χ4v) is 5.61. The maximum Gasteiger partial charge on any atom is 0.251 e. The summed E-state index contributed by atoms with van der Waals surface area (Å²) in [5.41, 5.74) is 1.90. The molecule has 1 saturated heterocycles. The van der Waals surface area contributed by atoms with E-state index in [0.717, 1.165) is 38.3 Å². The molecule has 2 aromatic rings. The van der Waals surface area contributed by atoms with E-state index in [4.69, 9.17) is 0 Å². The molecule has 0 aromatic carbocycles. The van der Waals surface area contributed by atoms with Crippen LogP contribution in [0.25, 0.3) is 11.3 Å². The third-order valence-corrected chi connectivity index (χ3v) is 6.83. The van der Waals surface area contributed by atoms with Gasteiger partial charge >= 0.3 is 0 Å². The molecule has 0 N–H and O–H groups in total. The first-order valence-electron chi connectivity index (χ1n) is 9.85. The van der Waals surface area contributed by atoms with Crippen LogP contribution in [-0.2, 0) is 16.4 Å². The fourth-order valence-electron chi connectivity index (χ4n) is 4.77. The molecule has 2 aromatic heterocycles. The number of rotatable bonds is 4. The summed E-state index contributed by atoms with van der Waals surface area (Å²) in [6.07, 6.45) is 3.83. The molecule has 2 atom stereocenters. The van der Waals surface area contributed by atoms with Gasteiger partial charge in [0.25, 0.3) is 5.56 Å². The van der Waals surface area contributed by atoms with Crippen LogP contribution in [-0.4, -0.2) is 48.8 Å². The minimum atomic E-state index is -3.43. The maximum atomic E-state index is 12.9. The molecule has 0 saturated carbocycles. The molecule has 7 heteroatoms. The van der Waals surface area contributed by atoms with Gasteiger partial charge in [-0.15, -0.1) is 0 Å². The Hall–Kier alpha value is -1.99. The van der Waals surface area contributed by atoms with Crippen molar-refractivity contribution in [1.82, 2.24) is 14.5 Å². The van der Waals surface area contributed by atoms with E-state index in [-0.39, 0.29) is 10.5 Å². The molecule has 150 valence electrons. The van der Waals surface area contributed by atoms with Gasteiger partial charge in [0, 0.05) is 61.9 Å². The summed E-state index contributed by atoms with van der Waals surface area (Å²) < 4.78 is 26.3. The van der Waals surface area contributed by atoms with Crippen LogP contribution in [0.3, 0.4) is 0 Å². The Morgan fingerprint density at radius 3 is 2.71 bits per heavy atom. The van der Waals surface area contributed by atoms with E-state index in [2.05, 4.69) is 23.7 Å². The van der Waals surface area contributed by atoms with Crippen molar-refractivity contribution < 1.29 is 8.42 Å². The number of pyridine rings is 2. The first-order chi connectivity index (χ1) is 13.2. The van der Waals surface area contributed by atoms with Gasteiger partial charge in [-0.2, -0.15) is 0 Å². The third kappa shape index (κ3) is 3.65. The summed E-state index contributed by atoms with van der Waals surface area (Å²) >= 11 is 0. The van der Waals surface area contributed by atoms with Crippen molar-refractivity contribution in [3.8, 4) is 11.3 Å². The van der Waals surface area contributed by atoms with Crippen molar-refractivity contribution >= 4 is 9.84 Å². The van der Waals surface area contributed by atoms with E-state index in [0.29, 0.717) is 29.0 Å². The van der Waals surface area contributed by atoms with Crippen molar-refractivity contribution in [3.63, 3.8) is 0 Å². The lowest BCUT2D eigenvalue weighted by molar-refractivity contribution is 0.109. The van der Waals surface area contributed by atoms with Gasteiger partial charge in [0.05, 0.1) is 10.6 Å². The standard InChI is InChI=1S/C21H27N3O3S/c1-14(2)10-23-11-15-7-17(13-23)18-8-16(9-20(25)24(18)12-15)21-19(28(3,26)27)5-4-6-22-21/h4-6,8-9,14-15,17H,7,10-13H2,1-3H3/t15-,17+/m0/s1. The highest BCUT2D eigenvalue weighted by Crippen LogP contribution is 2.37. The van der Waals surface area contributed by atoms with E-state index >= 15 is 0 Å². The predicted molar refractivity (Wildman–Crippen MR) is 109 cm³/mol. The molecule has 6 nitrogen and oxygen atoms in total. The number of hydrogen-bond acceptors (Lipinski definition) is 5. The van der Waals surface area contributed by atoms with E-state index < -0.39 is 9.84 Å². The summed E-state index contributed by atoms with van der Waals surface area (Å²) in [6.45, 7) is 8.25. The Morgan fingerprint density at radius 1 is 1.21 bits per heavy atom. The number of hydrogen-bond donors (Lipinski definition) is 0. The minimum absolute atomic E-state index is 0.0652. The Balaban J connectivity index is 1.78. The summed E-state index contributed by atoms with van der Waals surface area (Å²) in [6, 6.07) is 6.68. The van der Waals surface area contributed by atoms with Crippen LogP contribution in [0.1, 0.15) is 31.9 Å². The highest BCUT2D eigenvalue weighted by Gasteiger charge is 2.35. The van der Waals surface area contributed by atoms with E-state index in [1.165, 1.54) is 12.3 Å². The second-order valence-electron chi connectivity index (χ2n) is 8.65. The highest BCUT2D eigenvalue weighted by atomic mass is 32.2. The summed E-state index contributed by atoms with van der Waals surface area (Å²) in [4.78, 5) is 19.9. The van der Waals surface area contributed by atoms with Gasteiger partial charge in [0.15, 0.2) is 9.84 Å². The molecule has 2 aliphatic heterocycles.